The van der Waals surface area contributed by atoms with Gasteiger partial charge < -0.3 is 13.7 Å². The number of rotatable bonds is 5. The van der Waals surface area contributed by atoms with Crippen molar-refractivity contribution in [1.82, 2.24) is 13.7 Å². The van der Waals surface area contributed by atoms with E-state index < -0.39 is 0 Å². The number of fused-ring (bicyclic) bond motifs is 11. The van der Waals surface area contributed by atoms with E-state index in [0.29, 0.717) is 0 Å². The minimum Gasteiger partial charge on any atom is -0.309 e. The summed E-state index contributed by atoms with van der Waals surface area (Å²) in [7, 11) is 0. The van der Waals surface area contributed by atoms with Gasteiger partial charge in [-0.3, -0.25) is 0 Å². The Morgan fingerprint density at radius 1 is 0.373 bits per heavy atom. The van der Waals surface area contributed by atoms with E-state index in [2.05, 4.69) is 240 Å². The summed E-state index contributed by atoms with van der Waals surface area (Å²) >= 11 is 0. The lowest BCUT2D eigenvalue weighted by atomic mass is 9.98. The number of aromatic nitrogens is 3. The lowest BCUT2D eigenvalue weighted by molar-refractivity contribution is 0.935. The Bertz CT molecular complexity index is 3770. The maximum absolute atomic E-state index is 2.50. The first-order valence-corrected chi connectivity index (χ1v) is 23.9. The minimum atomic E-state index is 1.07. The van der Waals surface area contributed by atoms with Gasteiger partial charge in [0.25, 0.3) is 0 Å². The Hall–Kier alpha value is -8.14. The van der Waals surface area contributed by atoms with Crippen LogP contribution in [0, 0.1) is 0 Å². The van der Waals surface area contributed by atoms with Crippen molar-refractivity contribution in [3.05, 3.63) is 229 Å². The maximum Gasteiger partial charge on any atom is 0.0541 e. The summed E-state index contributed by atoms with van der Waals surface area (Å²) in [5.41, 5.74) is 21.5. The van der Waals surface area contributed by atoms with Crippen molar-refractivity contribution in [3.8, 4) is 39.3 Å². The smallest absolute Gasteiger partial charge is 0.0541 e. The van der Waals surface area contributed by atoms with Crippen LogP contribution < -0.4 is 0 Å². The van der Waals surface area contributed by atoms with Gasteiger partial charge in [0.1, 0.15) is 0 Å². The van der Waals surface area contributed by atoms with Crippen molar-refractivity contribution < 1.29 is 0 Å². The van der Waals surface area contributed by atoms with Gasteiger partial charge >= 0.3 is 0 Å². The van der Waals surface area contributed by atoms with E-state index in [9.17, 15) is 0 Å². The normalized spacial score (nSPS) is 13.3. The molecule has 320 valence electrons. The van der Waals surface area contributed by atoms with Gasteiger partial charge in [-0.2, -0.15) is 0 Å². The first kappa shape index (κ1) is 39.2. The van der Waals surface area contributed by atoms with E-state index in [0.717, 1.165) is 19.3 Å². The molecule has 0 atom stereocenters. The Morgan fingerprint density at radius 3 is 1.25 bits per heavy atom. The third-order valence-corrected chi connectivity index (χ3v) is 14.1. The van der Waals surface area contributed by atoms with Crippen LogP contribution in [0.5, 0.6) is 0 Å². The molecular formula is C64H49N3. The molecule has 3 aromatic heterocycles. The van der Waals surface area contributed by atoms with Gasteiger partial charge in [-0.1, -0.05) is 141 Å². The topological polar surface area (TPSA) is 14.8 Å². The molecule has 3 heterocycles. The third kappa shape index (κ3) is 6.26. The molecule has 0 spiro atoms. The molecule has 0 bridgehead atoms. The van der Waals surface area contributed by atoms with Crippen molar-refractivity contribution >= 4 is 71.0 Å². The summed E-state index contributed by atoms with van der Waals surface area (Å²) in [4.78, 5) is 0. The SMILES string of the molecule is C1=CC2=C(CC1)Cc1ccc(-n3c4ccc(-c5ccc6c(c5)c5ccccc5n6-c5ccccc5)cc4c4cc(-c5ccc6c(c5)c5ccccc5n6-c5ccccc5)ccc43)cc12.CCC. The van der Waals surface area contributed by atoms with Gasteiger partial charge in [-0.15, -0.1) is 0 Å². The fourth-order valence-electron chi connectivity index (χ4n) is 11.2. The van der Waals surface area contributed by atoms with Crippen LogP contribution in [0.1, 0.15) is 44.2 Å². The number of nitrogens with zero attached hydrogens (tertiary/aromatic N) is 3. The Kier molecular flexibility index (Phi) is 9.25. The quantitative estimate of drug-likeness (QED) is 0.164. The van der Waals surface area contributed by atoms with E-state index in [1.165, 1.54) is 128 Å². The Morgan fingerprint density at radius 2 is 0.776 bits per heavy atom. The van der Waals surface area contributed by atoms with Crippen molar-refractivity contribution in [2.24, 2.45) is 0 Å². The summed E-state index contributed by atoms with van der Waals surface area (Å²) in [5.74, 6) is 0. The van der Waals surface area contributed by atoms with Crippen LogP contribution in [-0.2, 0) is 6.42 Å². The highest BCUT2D eigenvalue weighted by atomic mass is 15.0. The number of hydrogen-bond acceptors (Lipinski definition) is 0. The van der Waals surface area contributed by atoms with Crippen LogP contribution in [0.25, 0.3) is 110 Å². The van der Waals surface area contributed by atoms with Crippen molar-refractivity contribution in [3.63, 3.8) is 0 Å². The first-order valence-electron chi connectivity index (χ1n) is 23.9. The van der Waals surface area contributed by atoms with Gasteiger partial charge in [-0.05, 0) is 155 Å². The fourth-order valence-corrected chi connectivity index (χ4v) is 11.2. The molecular weight excluding hydrogens is 811 g/mol. The molecule has 0 fully saturated rings. The number of para-hydroxylation sites is 4. The van der Waals surface area contributed by atoms with Gasteiger partial charge in [0, 0.05) is 49.4 Å². The standard InChI is InChI=1S/C61H41N3.C3H8/c1-3-14-45(15-4-1)62-56-21-11-9-19-49(56)52-34-39(24-29-58(52)62)41-26-31-60-54(36-41)55-37-42(27-32-61(55)64(60)47-28-23-44-33-43-13-7-8-18-48(43)51(44)38-47)40-25-30-59-53(35-40)50-20-10-12-22-57(50)63(59)46-16-5-2-6-17-46;1-3-2/h1-6,8-12,14-32,34-38H,7,13,33H2;3H2,1-2H3. The summed E-state index contributed by atoms with van der Waals surface area (Å²) in [6.07, 6.45) is 9.33. The Labute approximate surface area is 390 Å². The second kappa shape index (κ2) is 15.8. The highest BCUT2D eigenvalue weighted by Crippen LogP contribution is 2.43. The Balaban J connectivity index is 0.00000145. The average molecular weight is 860 g/mol. The average Bonchev–Trinajstić information content (AvgIpc) is 4.12. The van der Waals surface area contributed by atoms with Crippen LogP contribution in [0.3, 0.4) is 0 Å². The number of benzene rings is 9. The van der Waals surface area contributed by atoms with E-state index in [1.807, 2.05) is 0 Å². The molecule has 0 N–H and O–H groups in total. The molecule has 9 aromatic carbocycles. The van der Waals surface area contributed by atoms with E-state index in [-0.39, 0.29) is 0 Å². The zero-order chi connectivity index (χ0) is 44.6. The first-order chi connectivity index (χ1) is 33.1. The molecule has 0 unspecified atom stereocenters. The van der Waals surface area contributed by atoms with Crippen molar-refractivity contribution in [1.29, 1.82) is 0 Å². The minimum absolute atomic E-state index is 1.07. The van der Waals surface area contributed by atoms with Gasteiger partial charge in [0.05, 0.1) is 33.1 Å². The predicted molar refractivity (Wildman–Crippen MR) is 285 cm³/mol. The molecule has 12 aromatic rings. The maximum atomic E-state index is 2.50. The molecule has 0 radical (unpaired) electrons. The summed E-state index contributed by atoms with van der Waals surface area (Å²) < 4.78 is 7.28. The highest BCUT2D eigenvalue weighted by molar-refractivity contribution is 6.14. The zero-order valence-electron chi connectivity index (χ0n) is 37.9. The second-order valence-corrected chi connectivity index (χ2v) is 18.3. The number of allylic oxidation sites excluding steroid dienone is 4. The zero-order valence-corrected chi connectivity index (χ0v) is 37.9. The molecule has 0 amide bonds. The third-order valence-electron chi connectivity index (χ3n) is 14.1. The molecule has 0 aliphatic heterocycles. The number of hydrogen-bond donors (Lipinski definition) is 0. The molecule has 0 saturated heterocycles. The van der Waals surface area contributed by atoms with Crippen molar-refractivity contribution in [2.45, 2.75) is 39.5 Å². The largest absolute Gasteiger partial charge is 0.309 e. The molecule has 3 nitrogen and oxygen atoms in total. The molecule has 67 heavy (non-hydrogen) atoms. The lowest BCUT2D eigenvalue weighted by Crippen LogP contribution is -1.96. The van der Waals surface area contributed by atoms with E-state index in [1.54, 1.807) is 5.57 Å². The molecule has 3 heteroatoms. The molecule has 2 aliphatic carbocycles. The monoisotopic (exact) mass is 859 g/mol. The van der Waals surface area contributed by atoms with Crippen LogP contribution in [0.4, 0.5) is 0 Å². The second-order valence-electron chi connectivity index (χ2n) is 18.3. The van der Waals surface area contributed by atoms with Crippen LogP contribution in [0.15, 0.2) is 218 Å². The van der Waals surface area contributed by atoms with Gasteiger partial charge in [0.2, 0.25) is 0 Å². The van der Waals surface area contributed by atoms with Gasteiger partial charge in [0.15, 0.2) is 0 Å². The summed E-state index contributed by atoms with van der Waals surface area (Å²) in [6, 6.07) is 74.4. The van der Waals surface area contributed by atoms with Crippen LogP contribution >= 0.6 is 0 Å². The summed E-state index contributed by atoms with van der Waals surface area (Å²) in [5, 5.41) is 7.54. The highest BCUT2D eigenvalue weighted by Gasteiger charge is 2.24. The van der Waals surface area contributed by atoms with Gasteiger partial charge in [-0.25, -0.2) is 0 Å². The molecule has 0 saturated carbocycles. The van der Waals surface area contributed by atoms with Crippen LogP contribution in [-0.4, -0.2) is 13.7 Å². The molecule has 2 aliphatic rings. The van der Waals surface area contributed by atoms with E-state index >= 15 is 0 Å². The van der Waals surface area contributed by atoms with E-state index in [4.69, 9.17) is 0 Å². The van der Waals surface area contributed by atoms with Crippen LogP contribution in [0.2, 0.25) is 0 Å². The fraction of sp³-hybridized carbons (Fsp3) is 0.0938. The predicted octanol–water partition coefficient (Wildman–Crippen LogP) is 17.4. The lowest BCUT2D eigenvalue weighted by Gasteiger charge is -2.12. The summed E-state index contributed by atoms with van der Waals surface area (Å²) in [6.45, 7) is 4.25. The van der Waals surface area contributed by atoms with Crippen molar-refractivity contribution in [2.75, 3.05) is 0 Å². The molecule has 14 rings (SSSR count).